The Hall–Kier alpha value is -3.78. The molecule has 2 aromatic heterocycles. The van der Waals surface area contributed by atoms with Crippen LogP contribution in [0.5, 0.6) is 5.75 Å². The molecule has 0 fully saturated rings. The summed E-state index contributed by atoms with van der Waals surface area (Å²) in [5.41, 5.74) is 3.18. The molecule has 0 unspecified atom stereocenters. The lowest BCUT2D eigenvalue weighted by Gasteiger charge is -2.06. The van der Waals surface area contributed by atoms with Crippen molar-refractivity contribution in [2.45, 2.75) is 6.92 Å². The Morgan fingerprint density at radius 1 is 1.23 bits per heavy atom. The second-order valence-corrected chi connectivity index (χ2v) is 7.41. The van der Waals surface area contributed by atoms with Crippen molar-refractivity contribution in [3.8, 4) is 16.9 Å². The maximum absolute atomic E-state index is 13.1. The Morgan fingerprint density at radius 2 is 2.00 bits per heavy atom. The Kier molecular flexibility index (Phi) is 5.40. The van der Waals surface area contributed by atoms with E-state index in [1.807, 2.05) is 36.6 Å². The molecular weight excluding hydrogens is 402 g/mol. The Morgan fingerprint density at radius 3 is 2.77 bits per heavy atom. The van der Waals surface area contributed by atoms with E-state index in [1.54, 1.807) is 24.3 Å². The first kappa shape index (κ1) is 19.5. The second-order valence-electron chi connectivity index (χ2n) is 6.55. The summed E-state index contributed by atoms with van der Waals surface area (Å²) in [5.74, 6) is -0.713. The zero-order chi connectivity index (χ0) is 21.1. The molecule has 2 aromatic carbocycles. The summed E-state index contributed by atoms with van der Waals surface area (Å²) in [6.07, 6.45) is 2.82. The average molecular weight is 419 g/mol. The minimum Gasteiger partial charge on any atom is -0.481 e. The lowest BCUT2D eigenvalue weighted by Crippen LogP contribution is -2.17. The van der Waals surface area contributed by atoms with Gasteiger partial charge >= 0.3 is 5.97 Å². The van der Waals surface area contributed by atoms with Gasteiger partial charge in [0.05, 0.1) is 11.6 Å². The van der Waals surface area contributed by atoms with Crippen molar-refractivity contribution in [2.75, 3.05) is 6.61 Å². The zero-order valence-electron chi connectivity index (χ0n) is 16.0. The number of fused-ring (bicyclic) bond motifs is 1. The van der Waals surface area contributed by atoms with Crippen LogP contribution in [0.25, 0.3) is 21.3 Å². The van der Waals surface area contributed by atoms with Crippen LogP contribution in [0.15, 0.2) is 70.1 Å². The van der Waals surface area contributed by atoms with Gasteiger partial charge in [-0.3, -0.25) is 4.79 Å². The molecule has 7 nitrogen and oxygen atoms in total. The fraction of sp³-hybridized carbons (Fsp3) is 0.0909. The van der Waals surface area contributed by atoms with Crippen LogP contribution in [-0.2, 0) is 4.79 Å². The second kappa shape index (κ2) is 8.30. The van der Waals surface area contributed by atoms with Crippen molar-refractivity contribution in [1.82, 2.24) is 9.66 Å². The minimum atomic E-state index is -1.08. The number of aryl methyl sites for hydroxylation is 1. The first-order valence-electron chi connectivity index (χ1n) is 9.07. The predicted molar refractivity (Wildman–Crippen MR) is 117 cm³/mol. The van der Waals surface area contributed by atoms with E-state index >= 15 is 0 Å². The third kappa shape index (κ3) is 3.99. The molecule has 30 heavy (non-hydrogen) atoms. The van der Waals surface area contributed by atoms with Gasteiger partial charge < -0.3 is 9.84 Å². The molecule has 0 saturated carbocycles. The number of carbonyl (C=O) groups is 1. The quantitative estimate of drug-likeness (QED) is 0.480. The van der Waals surface area contributed by atoms with Crippen LogP contribution in [0.2, 0.25) is 0 Å². The largest absolute Gasteiger partial charge is 0.481 e. The highest BCUT2D eigenvalue weighted by Crippen LogP contribution is 2.30. The summed E-state index contributed by atoms with van der Waals surface area (Å²) in [5, 5.41) is 15.5. The van der Waals surface area contributed by atoms with Crippen LogP contribution in [0, 0.1) is 6.92 Å². The highest BCUT2D eigenvalue weighted by molar-refractivity contribution is 7.17. The van der Waals surface area contributed by atoms with Gasteiger partial charge in [0.25, 0.3) is 5.56 Å². The average Bonchev–Trinajstić information content (AvgIpc) is 3.18. The van der Waals surface area contributed by atoms with Crippen LogP contribution in [0.1, 0.15) is 11.1 Å². The number of ether oxygens (including phenoxy) is 1. The van der Waals surface area contributed by atoms with Gasteiger partial charge in [-0.25, -0.2) is 9.78 Å². The smallest absolute Gasteiger partial charge is 0.341 e. The standard InChI is InChI=1S/C22H17N3O4S/c1-14-6-8-15(9-7-14)17-12-30-21-20(17)22(28)25(13-23-21)24-10-16-4-2-3-5-18(16)29-11-19(26)27/h2-10,12-13H,11H2,1H3,(H,26,27)/b24-10+. The molecule has 0 aliphatic rings. The van der Waals surface area contributed by atoms with Crippen molar-refractivity contribution in [2.24, 2.45) is 5.10 Å². The van der Waals surface area contributed by atoms with E-state index in [9.17, 15) is 9.59 Å². The van der Waals surface area contributed by atoms with E-state index in [1.165, 1.54) is 28.6 Å². The third-order valence-electron chi connectivity index (χ3n) is 4.43. The summed E-state index contributed by atoms with van der Waals surface area (Å²) in [6.45, 7) is 1.55. The molecule has 1 N–H and O–H groups in total. The van der Waals surface area contributed by atoms with Crippen LogP contribution >= 0.6 is 11.3 Å². The molecule has 8 heteroatoms. The molecule has 0 spiro atoms. The molecule has 0 aliphatic carbocycles. The van der Waals surface area contributed by atoms with Gasteiger partial charge in [0.2, 0.25) is 0 Å². The number of carboxylic acid groups (broad SMARTS) is 1. The number of aromatic nitrogens is 2. The molecule has 0 bridgehead atoms. The monoisotopic (exact) mass is 419 g/mol. The van der Waals surface area contributed by atoms with E-state index in [0.29, 0.717) is 21.5 Å². The topological polar surface area (TPSA) is 93.8 Å². The molecular formula is C22H17N3O4S. The van der Waals surface area contributed by atoms with Gasteiger partial charge in [0.1, 0.15) is 16.9 Å². The highest BCUT2D eigenvalue weighted by atomic mass is 32.1. The lowest BCUT2D eigenvalue weighted by atomic mass is 10.1. The molecule has 0 radical (unpaired) electrons. The van der Waals surface area contributed by atoms with Crippen molar-refractivity contribution >= 4 is 33.7 Å². The summed E-state index contributed by atoms with van der Waals surface area (Å²) in [6, 6.07) is 14.8. The molecule has 2 heterocycles. The van der Waals surface area contributed by atoms with Crippen LogP contribution in [-0.4, -0.2) is 33.6 Å². The Labute approximate surface area is 175 Å². The lowest BCUT2D eigenvalue weighted by molar-refractivity contribution is -0.139. The first-order valence-corrected chi connectivity index (χ1v) is 9.95. The minimum absolute atomic E-state index is 0.281. The summed E-state index contributed by atoms with van der Waals surface area (Å²) < 4.78 is 6.44. The van der Waals surface area contributed by atoms with Gasteiger partial charge in [0, 0.05) is 16.5 Å². The van der Waals surface area contributed by atoms with Gasteiger partial charge in [0.15, 0.2) is 6.61 Å². The number of thiophene rings is 1. The SMILES string of the molecule is Cc1ccc(-c2csc3ncn(/N=C/c4ccccc4OCC(=O)O)c(=O)c23)cc1. The Bertz CT molecular complexity index is 1310. The van der Waals surface area contributed by atoms with E-state index in [-0.39, 0.29) is 5.56 Å². The number of carboxylic acids is 1. The number of rotatable bonds is 6. The number of hydrogen-bond acceptors (Lipinski definition) is 6. The maximum atomic E-state index is 13.1. The van der Waals surface area contributed by atoms with Gasteiger partial charge in [-0.15, -0.1) is 11.3 Å². The van der Waals surface area contributed by atoms with Gasteiger partial charge in [-0.1, -0.05) is 42.0 Å². The van der Waals surface area contributed by atoms with E-state index in [4.69, 9.17) is 9.84 Å². The molecule has 4 aromatic rings. The summed E-state index contributed by atoms with van der Waals surface area (Å²) in [4.78, 5) is 28.8. The van der Waals surface area contributed by atoms with Crippen molar-refractivity contribution < 1.29 is 14.6 Å². The number of hydrogen-bond donors (Lipinski definition) is 1. The van der Waals surface area contributed by atoms with Crippen LogP contribution < -0.4 is 10.3 Å². The highest BCUT2D eigenvalue weighted by Gasteiger charge is 2.13. The van der Waals surface area contributed by atoms with Crippen LogP contribution in [0.3, 0.4) is 0 Å². The first-order chi connectivity index (χ1) is 14.5. The van der Waals surface area contributed by atoms with Crippen molar-refractivity contribution in [3.63, 3.8) is 0 Å². The number of benzene rings is 2. The van der Waals surface area contributed by atoms with E-state index < -0.39 is 12.6 Å². The molecule has 150 valence electrons. The number of aliphatic carboxylic acids is 1. The normalized spacial score (nSPS) is 11.2. The fourth-order valence-corrected chi connectivity index (χ4v) is 3.84. The Balaban J connectivity index is 1.72. The summed E-state index contributed by atoms with van der Waals surface area (Å²) >= 11 is 1.41. The maximum Gasteiger partial charge on any atom is 0.341 e. The molecule has 0 atom stereocenters. The van der Waals surface area contributed by atoms with Gasteiger partial charge in [-0.2, -0.15) is 9.78 Å². The molecule has 0 saturated heterocycles. The van der Waals surface area contributed by atoms with E-state index in [0.717, 1.165) is 16.7 Å². The number of para-hydroxylation sites is 1. The van der Waals surface area contributed by atoms with Crippen LogP contribution in [0.4, 0.5) is 0 Å². The molecule has 4 rings (SSSR count). The fourth-order valence-electron chi connectivity index (χ4n) is 2.93. The van der Waals surface area contributed by atoms with Crippen molar-refractivity contribution in [3.05, 3.63) is 81.7 Å². The van der Waals surface area contributed by atoms with E-state index in [2.05, 4.69) is 10.1 Å². The third-order valence-corrected chi connectivity index (χ3v) is 5.32. The number of nitrogens with zero attached hydrogens (tertiary/aromatic N) is 3. The van der Waals surface area contributed by atoms with Gasteiger partial charge in [-0.05, 0) is 24.6 Å². The molecule has 0 aliphatic heterocycles. The van der Waals surface area contributed by atoms with Crippen molar-refractivity contribution in [1.29, 1.82) is 0 Å². The molecule has 0 amide bonds. The summed E-state index contributed by atoms with van der Waals surface area (Å²) in [7, 11) is 0. The zero-order valence-corrected chi connectivity index (χ0v) is 16.8. The predicted octanol–water partition coefficient (Wildman–Crippen LogP) is 3.78.